The van der Waals surface area contributed by atoms with Gasteiger partial charge in [-0.1, -0.05) is 38.3 Å². The third-order valence-corrected chi connectivity index (χ3v) is 7.19. The molecule has 2 aromatic carbocycles. The van der Waals surface area contributed by atoms with Crippen LogP contribution in [0, 0.1) is 0 Å². The van der Waals surface area contributed by atoms with Crippen molar-refractivity contribution in [3.05, 3.63) is 77.7 Å². The van der Waals surface area contributed by atoms with E-state index in [9.17, 15) is 14.7 Å². The molecule has 7 nitrogen and oxygen atoms in total. The summed E-state index contributed by atoms with van der Waals surface area (Å²) in [7, 11) is 1.59. The molecule has 7 heteroatoms. The number of nitrogens with zero attached hydrogens (tertiary/aromatic N) is 1. The SMILES string of the molecule is CCCCCCOc1ccc([C@@H](O)[C@@H](CN2C=C=CC2C)NC(=O)CCCCC(=O)c2ccc(OC)cc2)cc1. The number of aliphatic hydroxyl groups excluding tert-OH is 1. The van der Waals surface area contributed by atoms with Crippen molar-refractivity contribution in [3.8, 4) is 11.5 Å². The first-order valence-corrected chi connectivity index (χ1v) is 14.5. The van der Waals surface area contributed by atoms with Crippen LogP contribution < -0.4 is 14.8 Å². The van der Waals surface area contributed by atoms with Gasteiger partial charge in [-0.15, -0.1) is 5.73 Å². The number of hydrogen-bond acceptors (Lipinski definition) is 6. The molecule has 1 amide bonds. The number of ether oxygens (including phenoxy) is 2. The number of ketones is 1. The van der Waals surface area contributed by atoms with Crippen molar-refractivity contribution in [2.24, 2.45) is 0 Å². The first kappa shape index (κ1) is 31.0. The number of aliphatic hydroxyl groups is 1. The van der Waals surface area contributed by atoms with E-state index in [2.05, 4.69) is 22.9 Å². The molecule has 0 saturated carbocycles. The highest BCUT2D eigenvalue weighted by molar-refractivity contribution is 5.96. The summed E-state index contributed by atoms with van der Waals surface area (Å²) >= 11 is 0. The highest BCUT2D eigenvalue weighted by atomic mass is 16.5. The number of methoxy groups -OCH3 is 1. The molecule has 216 valence electrons. The molecule has 0 aromatic heterocycles. The summed E-state index contributed by atoms with van der Waals surface area (Å²) in [5, 5.41) is 14.3. The van der Waals surface area contributed by atoms with Crippen LogP contribution in [-0.4, -0.2) is 54.0 Å². The van der Waals surface area contributed by atoms with E-state index in [0.717, 1.165) is 24.2 Å². The van der Waals surface area contributed by atoms with Crippen LogP contribution in [0.15, 0.2) is 66.5 Å². The van der Waals surface area contributed by atoms with Gasteiger partial charge in [0.15, 0.2) is 5.78 Å². The standard InChI is InChI=1S/C33H44N2O5/c1-4-5-6-9-23-40-29-20-16-27(17-21-29)33(38)30(24-35-22-10-11-25(35)2)34-32(37)13-8-7-12-31(36)26-14-18-28(39-3)19-15-26/h11,14-22,25,30,33,38H,4-9,12-13,23-24H2,1-3H3,(H,34,37)/t25?,30-,33-/m1/s1. The van der Waals surface area contributed by atoms with Gasteiger partial charge in [-0.2, -0.15) is 0 Å². The maximum atomic E-state index is 12.9. The van der Waals surface area contributed by atoms with Gasteiger partial charge in [0.25, 0.3) is 0 Å². The number of benzene rings is 2. The Labute approximate surface area is 238 Å². The molecule has 2 N–H and O–H groups in total. The Kier molecular flexibility index (Phi) is 12.8. The van der Waals surface area contributed by atoms with Gasteiger partial charge in [0.05, 0.1) is 25.8 Å². The fourth-order valence-corrected chi connectivity index (χ4v) is 4.65. The molecule has 0 bridgehead atoms. The van der Waals surface area contributed by atoms with E-state index in [1.165, 1.54) is 12.8 Å². The molecular formula is C33H44N2O5. The molecule has 1 heterocycles. The predicted molar refractivity (Wildman–Crippen MR) is 158 cm³/mol. The largest absolute Gasteiger partial charge is 0.497 e. The van der Waals surface area contributed by atoms with E-state index in [1.54, 1.807) is 31.4 Å². The van der Waals surface area contributed by atoms with Crippen molar-refractivity contribution in [1.29, 1.82) is 0 Å². The second-order valence-electron chi connectivity index (χ2n) is 10.4. The summed E-state index contributed by atoms with van der Waals surface area (Å²) in [6.07, 6.45) is 9.37. The first-order valence-electron chi connectivity index (χ1n) is 14.5. The third-order valence-electron chi connectivity index (χ3n) is 7.19. The molecule has 0 spiro atoms. The predicted octanol–water partition coefficient (Wildman–Crippen LogP) is 5.99. The quantitative estimate of drug-likeness (QED) is 0.135. The molecule has 3 rings (SSSR count). The highest BCUT2D eigenvalue weighted by Gasteiger charge is 2.26. The molecule has 40 heavy (non-hydrogen) atoms. The number of nitrogens with one attached hydrogen (secondary N) is 1. The summed E-state index contributed by atoms with van der Waals surface area (Å²) in [5.41, 5.74) is 4.46. The number of unbranched alkanes of at least 4 members (excludes halogenated alkanes) is 4. The number of hydrogen-bond donors (Lipinski definition) is 2. The van der Waals surface area contributed by atoms with Gasteiger partial charge in [0.1, 0.15) is 17.6 Å². The van der Waals surface area contributed by atoms with E-state index in [-0.39, 0.29) is 24.2 Å². The van der Waals surface area contributed by atoms with Crippen LogP contribution in [0.5, 0.6) is 11.5 Å². The van der Waals surface area contributed by atoms with Crippen molar-refractivity contribution in [2.75, 3.05) is 20.3 Å². The van der Waals surface area contributed by atoms with E-state index < -0.39 is 12.1 Å². The zero-order chi connectivity index (χ0) is 28.7. The normalized spacial score (nSPS) is 15.6. The fourth-order valence-electron chi connectivity index (χ4n) is 4.65. The lowest BCUT2D eigenvalue weighted by Crippen LogP contribution is -2.47. The average Bonchev–Trinajstić information content (AvgIpc) is 3.38. The van der Waals surface area contributed by atoms with E-state index in [1.807, 2.05) is 43.5 Å². The number of rotatable bonds is 18. The molecular weight excluding hydrogens is 504 g/mol. The highest BCUT2D eigenvalue weighted by Crippen LogP contribution is 2.23. The van der Waals surface area contributed by atoms with Gasteiger partial charge in [0, 0.05) is 31.1 Å². The third kappa shape index (κ3) is 9.89. The monoisotopic (exact) mass is 548 g/mol. The van der Waals surface area contributed by atoms with Gasteiger partial charge in [-0.05, 0) is 74.2 Å². The lowest BCUT2D eigenvalue weighted by molar-refractivity contribution is -0.123. The minimum absolute atomic E-state index is 0.0482. The Bertz CT molecular complexity index is 1120. The van der Waals surface area contributed by atoms with Gasteiger partial charge in [-0.3, -0.25) is 9.59 Å². The van der Waals surface area contributed by atoms with Crippen LogP contribution in [0.4, 0.5) is 0 Å². The van der Waals surface area contributed by atoms with Crippen molar-refractivity contribution in [1.82, 2.24) is 10.2 Å². The van der Waals surface area contributed by atoms with Crippen molar-refractivity contribution in [2.45, 2.75) is 83.4 Å². The number of carbonyl (C=O) groups is 2. The minimum Gasteiger partial charge on any atom is -0.497 e. The van der Waals surface area contributed by atoms with Gasteiger partial charge in [-0.25, -0.2) is 0 Å². The molecule has 1 aliphatic rings. The van der Waals surface area contributed by atoms with E-state index in [4.69, 9.17) is 9.47 Å². The van der Waals surface area contributed by atoms with Crippen molar-refractivity contribution < 1.29 is 24.2 Å². The zero-order valence-corrected chi connectivity index (χ0v) is 24.1. The maximum absolute atomic E-state index is 12.9. The second-order valence-corrected chi connectivity index (χ2v) is 10.4. The van der Waals surface area contributed by atoms with Crippen LogP contribution in [0.2, 0.25) is 0 Å². The van der Waals surface area contributed by atoms with Gasteiger partial charge < -0.3 is 24.8 Å². The van der Waals surface area contributed by atoms with E-state index in [0.29, 0.717) is 43.7 Å². The van der Waals surface area contributed by atoms with Crippen LogP contribution in [0.1, 0.15) is 87.2 Å². The van der Waals surface area contributed by atoms with E-state index >= 15 is 0 Å². The van der Waals surface area contributed by atoms with Gasteiger partial charge >= 0.3 is 0 Å². The van der Waals surface area contributed by atoms with Gasteiger partial charge in [0.2, 0.25) is 5.91 Å². The van der Waals surface area contributed by atoms with Crippen LogP contribution in [0.25, 0.3) is 0 Å². The smallest absolute Gasteiger partial charge is 0.220 e. The molecule has 0 saturated heterocycles. The molecule has 3 atom stereocenters. The Morgan fingerprint density at radius 1 is 0.975 bits per heavy atom. The Hall–Kier alpha value is -3.54. The van der Waals surface area contributed by atoms with Crippen LogP contribution >= 0.6 is 0 Å². The molecule has 2 aromatic rings. The second kappa shape index (κ2) is 16.5. The Balaban J connectivity index is 1.51. The number of amides is 1. The topological polar surface area (TPSA) is 88.1 Å². The first-order chi connectivity index (χ1) is 19.4. The Morgan fingerprint density at radius 3 is 2.33 bits per heavy atom. The summed E-state index contributed by atoms with van der Waals surface area (Å²) in [6, 6.07) is 14.1. The minimum atomic E-state index is -0.889. The summed E-state index contributed by atoms with van der Waals surface area (Å²) in [6.45, 7) is 5.36. The summed E-state index contributed by atoms with van der Waals surface area (Å²) in [5.74, 6) is 1.39. The summed E-state index contributed by atoms with van der Waals surface area (Å²) in [4.78, 5) is 27.4. The maximum Gasteiger partial charge on any atom is 0.220 e. The van der Waals surface area contributed by atoms with Crippen LogP contribution in [0.3, 0.4) is 0 Å². The molecule has 0 radical (unpaired) electrons. The van der Waals surface area contributed by atoms with Crippen molar-refractivity contribution in [3.63, 3.8) is 0 Å². The zero-order valence-electron chi connectivity index (χ0n) is 24.1. The molecule has 1 aliphatic heterocycles. The summed E-state index contributed by atoms with van der Waals surface area (Å²) < 4.78 is 11.0. The van der Waals surface area contributed by atoms with Crippen LogP contribution in [-0.2, 0) is 4.79 Å². The fraction of sp³-hybridized carbons (Fsp3) is 0.485. The number of carbonyl (C=O) groups excluding carboxylic acids is 2. The lowest BCUT2D eigenvalue weighted by Gasteiger charge is -2.31. The lowest BCUT2D eigenvalue weighted by atomic mass is 10.0. The molecule has 0 fully saturated rings. The average molecular weight is 549 g/mol. The molecule has 0 aliphatic carbocycles. The Morgan fingerprint density at radius 2 is 1.68 bits per heavy atom. The van der Waals surface area contributed by atoms with Crippen molar-refractivity contribution >= 4 is 11.7 Å². The number of Topliss-reactive ketones (excluding diaryl/α,β-unsaturated/α-hetero) is 1. The molecule has 1 unspecified atom stereocenters.